The predicted molar refractivity (Wildman–Crippen MR) is 51.4 cm³/mol. The Bertz CT molecular complexity index is 321. The van der Waals surface area contributed by atoms with Gasteiger partial charge in [-0.1, -0.05) is 17.9 Å². The molecule has 5 heteroatoms. The zero-order valence-corrected chi connectivity index (χ0v) is 8.39. The van der Waals surface area contributed by atoms with Crippen LogP contribution in [0.3, 0.4) is 0 Å². The number of amides is 1. The second-order valence-corrected chi connectivity index (χ2v) is 3.81. The van der Waals surface area contributed by atoms with E-state index in [-0.39, 0.29) is 11.9 Å². The molecule has 1 aromatic heterocycles. The van der Waals surface area contributed by atoms with E-state index in [2.05, 4.69) is 22.1 Å². The summed E-state index contributed by atoms with van der Waals surface area (Å²) in [7, 11) is 0. The molecule has 1 unspecified atom stereocenters. The Morgan fingerprint density at radius 3 is 2.85 bits per heavy atom. The number of aryl methyl sites for hydroxylation is 1. The van der Waals surface area contributed by atoms with Crippen LogP contribution in [0.5, 0.6) is 0 Å². The zero-order valence-electron chi connectivity index (χ0n) is 7.57. The molecule has 0 saturated carbocycles. The maximum atomic E-state index is 10.9. The van der Waals surface area contributed by atoms with Crippen LogP contribution in [0.25, 0.3) is 0 Å². The average molecular weight is 197 g/mol. The van der Waals surface area contributed by atoms with Crippen LogP contribution in [-0.2, 0) is 4.79 Å². The molecule has 1 amide bonds. The highest BCUT2D eigenvalue weighted by molar-refractivity contribution is 7.11. The van der Waals surface area contributed by atoms with Gasteiger partial charge in [0.15, 0.2) is 0 Å². The number of nitrogens with one attached hydrogen (secondary N) is 1. The lowest BCUT2D eigenvalue weighted by molar-refractivity contribution is -0.117. The SMILES string of the molecule is C=CC(=O)NC(C)c1nnc(C)s1. The minimum Gasteiger partial charge on any atom is -0.344 e. The summed E-state index contributed by atoms with van der Waals surface area (Å²) in [4.78, 5) is 10.9. The summed E-state index contributed by atoms with van der Waals surface area (Å²) in [6.07, 6.45) is 1.24. The topological polar surface area (TPSA) is 54.9 Å². The van der Waals surface area contributed by atoms with Crippen molar-refractivity contribution in [1.82, 2.24) is 15.5 Å². The minimum absolute atomic E-state index is 0.100. The molecule has 0 radical (unpaired) electrons. The Hall–Kier alpha value is -1.23. The summed E-state index contributed by atoms with van der Waals surface area (Å²) in [6.45, 7) is 7.11. The van der Waals surface area contributed by atoms with Crippen LogP contribution >= 0.6 is 11.3 Å². The normalized spacial score (nSPS) is 12.2. The van der Waals surface area contributed by atoms with E-state index in [1.165, 1.54) is 17.4 Å². The largest absolute Gasteiger partial charge is 0.344 e. The molecule has 0 saturated heterocycles. The van der Waals surface area contributed by atoms with Crippen molar-refractivity contribution in [3.05, 3.63) is 22.7 Å². The van der Waals surface area contributed by atoms with Gasteiger partial charge in [-0.3, -0.25) is 4.79 Å². The third-order valence-corrected chi connectivity index (χ3v) is 2.48. The first-order chi connectivity index (χ1) is 6.13. The van der Waals surface area contributed by atoms with Crippen molar-refractivity contribution < 1.29 is 4.79 Å². The Balaban J connectivity index is 2.63. The molecule has 13 heavy (non-hydrogen) atoms. The van der Waals surface area contributed by atoms with Crippen LogP contribution in [0.4, 0.5) is 0 Å². The third kappa shape index (κ3) is 2.62. The Labute approximate surface area is 80.7 Å². The van der Waals surface area contributed by atoms with Gasteiger partial charge in [0, 0.05) is 0 Å². The van der Waals surface area contributed by atoms with Crippen molar-refractivity contribution >= 4 is 17.2 Å². The van der Waals surface area contributed by atoms with Crippen LogP contribution in [0, 0.1) is 6.92 Å². The molecule has 1 N–H and O–H groups in total. The maximum Gasteiger partial charge on any atom is 0.243 e. The number of carbonyl (C=O) groups is 1. The van der Waals surface area contributed by atoms with Gasteiger partial charge < -0.3 is 5.32 Å². The van der Waals surface area contributed by atoms with E-state index in [9.17, 15) is 4.79 Å². The second kappa shape index (κ2) is 4.13. The minimum atomic E-state index is -0.194. The molecule has 0 spiro atoms. The number of hydrogen-bond acceptors (Lipinski definition) is 4. The highest BCUT2D eigenvalue weighted by atomic mass is 32.1. The zero-order chi connectivity index (χ0) is 9.84. The molecule has 70 valence electrons. The number of aromatic nitrogens is 2. The lowest BCUT2D eigenvalue weighted by Crippen LogP contribution is -2.24. The monoisotopic (exact) mass is 197 g/mol. The third-order valence-electron chi connectivity index (χ3n) is 1.46. The van der Waals surface area contributed by atoms with Gasteiger partial charge >= 0.3 is 0 Å². The summed E-state index contributed by atoms with van der Waals surface area (Å²) in [5, 5.41) is 12.2. The molecule has 0 aliphatic rings. The van der Waals surface area contributed by atoms with Crippen LogP contribution < -0.4 is 5.32 Å². The Morgan fingerprint density at radius 2 is 2.38 bits per heavy atom. The molecular weight excluding hydrogens is 186 g/mol. The molecule has 0 aliphatic carbocycles. The van der Waals surface area contributed by atoms with Crippen LogP contribution in [0.1, 0.15) is 23.0 Å². The van der Waals surface area contributed by atoms with Crippen molar-refractivity contribution in [3.8, 4) is 0 Å². The van der Waals surface area contributed by atoms with Gasteiger partial charge in [-0.25, -0.2) is 0 Å². The van der Waals surface area contributed by atoms with Gasteiger partial charge in [-0.15, -0.1) is 10.2 Å². The number of rotatable bonds is 3. The van der Waals surface area contributed by atoms with Crippen LogP contribution in [-0.4, -0.2) is 16.1 Å². The summed E-state index contributed by atoms with van der Waals surface area (Å²) in [6, 6.07) is -0.100. The summed E-state index contributed by atoms with van der Waals surface area (Å²) in [5.74, 6) is -0.194. The Morgan fingerprint density at radius 1 is 1.69 bits per heavy atom. The molecule has 4 nitrogen and oxygen atoms in total. The molecule has 0 bridgehead atoms. The van der Waals surface area contributed by atoms with Gasteiger partial charge in [0.2, 0.25) is 5.91 Å². The number of carbonyl (C=O) groups excluding carboxylic acids is 1. The smallest absolute Gasteiger partial charge is 0.243 e. The first-order valence-electron chi connectivity index (χ1n) is 3.86. The van der Waals surface area contributed by atoms with Crippen molar-refractivity contribution in [2.24, 2.45) is 0 Å². The van der Waals surface area contributed by atoms with E-state index in [0.29, 0.717) is 0 Å². The highest BCUT2D eigenvalue weighted by Crippen LogP contribution is 2.16. The molecule has 0 fully saturated rings. The maximum absolute atomic E-state index is 10.9. The van der Waals surface area contributed by atoms with E-state index in [1.807, 2.05) is 13.8 Å². The van der Waals surface area contributed by atoms with E-state index >= 15 is 0 Å². The average Bonchev–Trinajstić information content (AvgIpc) is 2.51. The van der Waals surface area contributed by atoms with E-state index < -0.39 is 0 Å². The molecular formula is C8H11N3OS. The van der Waals surface area contributed by atoms with Crippen LogP contribution in [0.2, 0.25) is 0 Å². The van der Waals surface area contributed by atoms with Gasteiger partial charge in [0.1, 0.15) is 10.0 Å². The molecule has 1 heterocycles. The second-order valence-electron chi connectivity index (χ2n) is 2.59. The molecule has 1 rings (SSSR count). The first kappa shape index (κ1) is 9.85. The number of nitrogens with zero attached hydrogens (tertiary/aromatic N) is 2. The Kier molecular flexibility index (Phi) is 3.13. The van der Waals surface area contributed by atoms with Gasteiger partial charge in [0.25, 0.3) is 0 Å². The van der Waals surface area contributed by atoms with Crippen molar-refractivity contribution in [1.29, 1.82) is 0 Å². The lowest BCUT2D eigenvalue weighted by atomic mass is 10.3. The first-order valence-corrected chi connectivity index (χ1v) is 4.68. The lowest BCUT2D eigenvalue weighted by Gasteiger charge is -2.07. The summed E-state index contributed by atoms with van der Waals surface area (Å²) < 4.78 is 0. The standard InChI is InChI=1S/C8H11N3OS/c1-4-7(12)9-5(2)8-11-10-6(3)13-8/h4-5H,1H2,2-3H3,(H,9,12). The van der Waals surface area contributed by atoms with E-state index in [1.54, 1.807) is 0 Å². The van der Waals surface area contributed by atoms with E-state index in [4.69, 9.17) is 0 Å². The summed E-state index contributed by atoms with van der Waals surface area (Å²) >= 11 is 1.48. The fourth-order valence-corrected chi connectivity index (χ4v) is 1.52. The highest BCUT2D eigenvalue weighted by Gasteiger charge is 2.11. The number of hydrogen-bond donors (Lipinski definition) is 1. The van der Waals surface area contributed by atoms with Crippen molar-refractivity contribution in [2.75, 3.05) is 0 Å². The van der Waals surface area contributed by atoms with Crippen molar-refractivity contribution in [2.45, 2.75) is 19.9 Å². The fourth-order valence-electron chi connectivity index (χ4n) is 0.821. The molecule has 1 aromatic rings. The van der Waals surface area contributed by atoms with Gasteiger partial charge in [0.05, 0.1) is 6.04 Å². The van der Waals surface area contributed by atoms with Gasteiger partial charge in [-0.2, -0.15) is 0 Å². The van der Waals surface area contributed by atoms with Gasteiger partial charge in [-0.05, 0) is 19.9 Å². The molecule has 1 atom stereocenters. The van der Waals surface area contributed by atoms with Crippen molar-refractivity contribution in [3.63, 3.8) is 0 Å². The fraction of sp³-hybridized carbons (Fsp3) is 0.375. The molecule has 0 aliphatic heterocycles. The van der Waals surface area contributed by atoms with E-state index in [0.717, 1.165) is 10.0 Å². The predicted octanol–water partition coefficient (Wildman–Crippen LogP) is 1.21. The van der Waals surface area contributed by atoms with Crippen LogP contribution in [0.15, 0.2) is 12.7 Å². The summed E-state index contributed by atoms with van der Waals surface area (Å²) in [5.41, 5.74) is 0. The molecule has 0 aromatic carbocycles. The quantitative estimate of drug-likeness (QED) is 0.741.